The van der Waals surface area contributed by atoms with Crippen LogP contribution >= 0.6 is 0 Å². The number of anilines is 1. The van der Waals surface area contributed by atoms with Gasteiger partial charge in [-0.15, -0.1) is 0 Å². The van der Waals surface area contributed by atoms with Gasteiger partial charge in [-0.25, -0.2) is 4.79 Å². The van der Waals surface area contributed by atoms with Gasteiger partial charge in [0.1, 0.15) is 5.76 Å². The minimum Gasteiger partial charge on any atom is -0.428 e. The topological polar surface area (TPSA) is 58.4 Å². The Balaban J connectivity index is 1.61. The number of oxazole rings is 1. The second-order valence-corrected chi connectivity index (χ2v) is 6.93. The molecule has 0 bridgehead atoms. The van der Waals surface area contributed by atoms with Crippen molar-refractivity contribution >= 4 is 12.0 Å². The Morgan fingerprint density at radius 2 is 2.08 bits per heavy atom. The van der Waals surface area contributed by atoms with Crippen molar-refractivity contribution in [3.05, 3.63) is 47.3 Å². The molecule has 2 fully saturated rings. The van der Waals surface area contributed by atoms with E-state index >= 15 is 0 Å². The van der Waals surface area contributed by atoms with Gasteiger partial charge in [0.05, 0.1) is 11.2 Å². The van der Waals surface area contributed by atoms with Crippen LogP contribution in [0.4, 0.5) is 10.8 Å². The molecule has 126 valence electrons. The summed E-state index contributed by atoms with van der Waals surface area (Å²) in [7, 11) is 0. The summed E-state index contributed by atoms with van der Waals surface area (Å²) >= 11 is 0. The molecule has 4 rings (SSSR count). The van der Waals surface area contributed by atoms with Crippen LogP contribution in [0.15, 0.2) is 34.7 Å². The zero-order valence-electron chi connectivity index (χ0n) is 14.2. The Labute approximate surface area is 142 Å². The monoisotopic (exact) mass is 325 g/mol. The number of carbonyl (C=O) groups is 1. The van der Waals surface area contributed by atoms with Crippen LogP contribution in [0.5, 0.6) is 0 Å². The van der Waals surface area contributed by atoms with E-state index in [2.05, 4.69) is 34.6 Å². The van der Waals surface area contributed by atoms with Gasteiger partial charge in [0.2, 0.25) is 0 Å². The summed E-state index contributed by atoms with van der Waals surface area (Å²) in [6.07, 6.45) is 4.63. The summed E-state index contributed by atoms with van der Waals surface area (Å²) in [6, 6.07) is 10.6. The van der Waals surface area contributed by atoms with Crippen molar-refractivity contribution in [2.24, 2.45) is 5.92 Å². The molecule has 2 aromatic rings. The third-order valence-corrected chi connectivity index (χ3v) is 5.68. The number of amides is 2. The second-order valence-electron chi connectivity index (χ2n) is 6.93. The zero-order chi connectivity index (χ0) is 16.7. The fraction of sp³-hybridized carbons (Fsp3) is 0.474. The van der Waals surface area contributed by atoms with Crippen LogP contribution in [-0.2, 0) is 5.54 Å². The van der Waals surface area contributed by atoms with Crippen molar-refractivity contribution in [2.45, 2.75) is 45.1 Å². The number of nitrogens with one attached hydrogen (secondary N) is 1. The maximum absolute atomic E-state index is 12.9. The standard InChI is InChI=1S/C19H23N3O2/c1-13-14(2)24-17(20-13)21-18(23)22-12-16-10-6-7-11-19(16,22)15-8-4-3-5-9-15/h3-5,8-9,16H,6-7,10-12H2,1-2H3,(H,20,21,23)/t16-,19+/m1/s1. The molecule has 5 nitrogen and oxygen atoms in total. The highest BCUT2D eigenvalue weighted by Gasteiger charge is 2.57. The molecule has 1 N–H and O–H groups in total. The van der Waals surface area contributed by atoms with Gasteiger partial charge >= 0.3 is 12.0 Å². The smallest absolute Gasteiger partial charge is 0.326 e. The van der Waals surface area contributed by atoms with E-state index in [9.17, 15) is 4.79 Å². The third-order valence-electron chi connectivity index (χ3n) is 5.68. The minimum absolute atomic E-state index is 0.113. The van der Waals surface area contributed by atoms with Gasteiger partial charge in [-0.05, 0) is 32.3 Å². The number of aromatic nitrogens is 1. The number of carbonyl (C=O) groups excluding carboxylic acids is 1. The van der Waals surface area contributed by atoms with Crippen molar-refractivity contribution in [2.75, 3.05) is 11.9 Å². The molecular formula is C19H23N3O2. The molecule has 2 atom stereocenters. The number of rotatable bonds is 2. The molecule has 1 saturated heterocycles. The van der Waals surface area contributed by atoms with Crippen LogP contribution in [-0.4, -0.2) is 22.5 Å². The maximum Gasteiger partial charge on any atom is 0.326 e. The number of likely N-dealkylation sites (tertiary alicyclic amines) is 1. The van der Waals surface area contributed by atoms with E-state index < -0.39 is 0 Å². The first-order valence-corrected chi connectivity index (χ1v) is 8.69. The molecule has 24 heavy (non-hydrogen) atoms. The highest BCUT2D eigenvalue weighted by molar-refractivity contribution is 5.88. The van der Waals surface area contributed by atoms with E-state index in [1.54, 1.807) is 0 Å². The molecule has 1 aliphatic carbocycles. The van der Waals surface area contributed by atoms with Crippen LogP contribution in [0.25, 0.3) is 0 Å². The van der Waals surface area contributed by atoms with Crippen molar-refractivity contribution in [3.63, 3.8) is 0 Å². The number of aryl methyl sites for hydroxylation is 2. The van der Waals surface area contributed by atoms with E-state index in [0.717, 1.165) is 30.8 Å². The van der Waals surface area contributed by atoms with E-state index in [-0.39, 0.29) is 17.6 Å². The quantitative estimate of drug-likeness (QED) is 0.899. The van der Waals surface area contributed by atoms with Gasteiger partial charge in [0.25, 0.3) is 0 Å². The molecule has 1 aromatic heterocycles. The Hall–Kier alpha value is -2.30. The fourth-order valence-electron chi connectivity index (χ4n) is 4.31. The number of benzene rings is 1. The Morgan fingerprint density at radius 3 is 2.75 bits per heavy atom. The van der Waals surface area contributed by atoms with E-state index in [1.807, 2.05) is 24.8 Å². The highest BCUT2D eigenvalue weighted by Crippen LogP contribution is 2.53. The molecule has 5 heteroatoms. The van der Waals surface area contributed by atoms with Crippen LogP contribution in [0.1, 0.15) is 42.7 Å². The summed E-state index contributed by atoms with van der Waals surface area (Å²) in [5.41, 5.74) is 1.89. The van der Waals surface area contributed by atoms with Crippen LogP contribution in [0.3, 0.4) is 0 Å². The number of hydrogen-bond donors (Lipinski definition) is 1. The minimum atomic E-state index is -0.166. The predicted molar refractivity (Wildman–Crippen MR) is 91.8 cm³/mol. The second kappa shape index (κ2) is 5.65. The van der Waals surface area contributed by atoms with Gasteiger partial charge in [-0.3, -0.25) is 5.32 Å². The molecule has 2 amide bonds. The molecule has 1 saturated carbocycles. The van der Waals surface area contributed by atoms with Crippen LogP contribution in [0.2, 0.25) is 0 Å². The van der Waals surface area contributed by atoms with Crippen molar-refractivity contribution in [3.8, 4) is 0 Å². The van der Waals surface area contributed by atoms with Crippen LogP contribution in [0, 0.1) is 19.8 Å². The molecule has 0 unspecified atom stereocenters. The Bertz CT molecular complexity index is 736. The number of hydrogen-bond acceptors (Lipinski definition) is 3. The lowest BCUT2D eigenvalue weighted by atomic mass is 9.62. The lowest BCUT2D eigenvalue weighted by Crippen LogP contribution is -2.68. The first kappa shape index (κ1) is 15.2. The Morgan fingerprint density at radius 1 is 1.29 bits per heavy atom. The van der Waals surface area contributed by atoms with Crippen LogP contribution < -0.4 is 5.32 Å². The van der Waals surface area contributed by atoms with Crippen molar-refractivity contribution < 1.29 is 9.21 Å². The molecule has 1 aromatic carbocycles. The van der Waals surface area contributed by atoms with E-state index in [4.69, 9.17) is 4.42 Å². The van der Waals surface area contributed by atoms with E-state index in [0.29, 0.717) is 5.92 Å². The lowest BCUT2D eigenvalue weighted by Gasteiger charge is -2.61. The SMILES string of the molecule is Cc1nc(NC(=O)N2C[C@H]3CCCC[C@]32c2ccccc2)oc1C. The normalized spacial score (nSPS) is 25.8. The summed E-state index contributed by atoms with van der Waals surface area (Å²) in [6.45, 7) is 4.53. The number of urea groups is 1. The maximum atomic E-state index is 12.9. The molecular weight excluding hydrogens is 302 g/mol. The molecule has 0 radical (unpaired) electrons. The number of fused-ring (bicyclic) bond motifs is 1. The molecule has 2 heterocycles. The van der Waals surface area contributed by atoms with Gasteiger partial charge in [-0.1, -0.05) is 43.2 Å². The lowest BCUT2D eigenvalue weighted by molar-refractivity contribution is -0.0757. The summed E-state index contributed by atoms with van der Waals surface area (Å²) in [5, 5.41) is 2.84. The molecule has 2 aliphatic rings. The average Bonchev–Trinajstić information content (AvgIpc) is 2.87. The largest absolute Gasteiger partial charge is 0.428 e. The predicted octanol–water partition coefficient (Wildman–Crippen LogP) is 4.22. The van der Waals surface area contributed by atoms with Gasteiger partial charge in [0, 0.05) is 12.5 Å². The molecule has 1 aliphatic heterocycles. The van der Waals surface area contributed by atoms with Crippen molar-refractivity contribution in [1.82, 2.24) is 9.88 Å². The average molecular weight is 325 g/mol. The fourth-order valence-corrected chi connectivity index (χ4v) is 4.31. The Kier molecular flexibility index (Phi) is 3.59. The first-order chi connectivity index (χ1) is 11.6. The summed E-state index contributed by atoms with van der Waals surface area (Å²) < 4.78 is 5.51. The van der Waals surface area contributed by atoms with Crippen molar-refractivity contribution in [1.29, 1.82) is 0 Å². The van der Waals surface area contributed by atoms with Gasteiger partial charge < -0.3 is 9.32 Å². The highest BCUT2D eigenvalue weighted by atomic mass is 16.4. The third kappa shape index (κ3) is 2.22. The summed E-state index contributed by atoms with van der Waals surface area (Å²) in [4.78, 5) is 19.1. The van der Waals surface area contributed by atoms with Gasteiger partial charge in [0.15, 0.2) is 0 Å². The summed E-state index contributed by atoms with van der Waals surface area (Å²) in [5.74, 6) is 1.29. The zero-order valence-corrected chi connectivity index (χ0v) is 14.2. The number of nitrogens with zero attached hydrogens (tertiary/aromatic N) is 2. The van der Waals surface area contributed by atoms with E-state index in [1.165, 1.54) is 18.4 Å². The van der Waals surface area contributed by atoms with Gasteiger partial charge in [-0.2, -0.15) is 4.98 Å². The first-order valence-electron chi connectivity index (χ1n) is 8.69. The molecule has 0 spiro atoms.